The number of fused-ring (bicyclic) bond motifs is 1. The second-order valence-electron chi connectivity index (χ2n) is 6.19. The van der Waals surface area contributed by atoms with Gasteiger partial charge in [-0.05, 0) is 25.0 Å². The first-order valence-corrected chi connectivity index (χ1v) is 8.36. The maximum atomic E-state index is 12.3. The Bertz CT molecular complexity index is 926. The molecule has 0 atom stereocenters. The minimum atomic E-state index is -0.0865. The molecule has 0 spiro atoms. The molecule has 0 unspecified atom stereocenters. The molecule has 3 aromatic heterocycles. The summed E-state index contributed by atoms with van der Waals surface area (Å²) in [5.41, 5.74) is 2.30. The SMILES string of the molecule is COCc1cc(N2CCC(n3c(=O)[nH]c4cccnc43)CC2)ncn1. The van der Waals surface area contributed by atoms with Gasteiger partial charge in [0.05, 0.1) is 17.8 Å². The fourth-order valence-electron chi connectivity index (χ4n) is 3.44. The maximum absolute atomic E-state index is 12.3. The van der Waals surface area contributed by atoms with Crippen molar-refractivity contribution in [3.8, 4) is 0 Å². The molecular formula is C17H20N6O2. The zero-order chi connectivity index (χ0) is 17.2. The van der Waals surface area contributed by atoms with E-state index in [9.17, 15) is 4.79 Å². The standard InChI is InChI=1S/C17H20N6O2/c1-25-10-12-9-15(20-11-19-12)22-7-4-13(5-8-22)23-16-14(21-17(23)24)3-2-6-18-16/h2-3,6,9,11,13H,4-5,7-8,10H2,1H3,(H,21,24). The lowest BCUT2D eigenvalue weighted by atomic mass is 10.0. The summed E-state index contributed by atoms with van der Waals surface area (Å²) in [6.45, 7) is 2.14. The molecule has 0 aliphatic carbocycles. The Morgan fingerprint density at radius 3 is 2.92 bits per heavy atom. The van der Waals surface area contributed by atoms with Gasteiger partial charge in [-0.1, -0.05) is 0 Å². The second-order valence-corrected chi connectivity index (χ2v) is 6.19. The fraction of sp³-hybridized carbons (Fsp3) is 0.412. The summed E-state index contributed by atoms with van der Waals surface area (Å²) in [5, 5.41) is 0. The number of anilines is 1. The Morgan fingerprint density at radius 1 is 1.28 bits per heavy atom. The predicted molar refractivity (Wildman–Crippen MR) is 93.6 cm³/mol. The number of piperidine rings is 1. The van der Waals surface area contributed by atoms with E-state index in [2.05, 4.69) is 24.8 Å². The van der Waals surface area contributed by atoms with Gasteiger partial charge >= 0.3 is 5.69 Å². The summed E-state index contributed by atoms with van der Waals surface area (Å²) in [7, 11) is 1.65. The monoisotopic (exact) mass is 340 g/mol. The number of imidazole rings is 1. The maximum Gasteiger partial charge on any atom is 0.327 e. The van der Waals surface area contributed by atoms with E-state index in [0.717, 1.165) is 48.6 Å². The van der Waals surface area contributed by atoms with E-state index in [-0.39, 0.29) is 11.7 Å². The number of rotatable bonds is 4. The molecule has 8 nitrogen and oxygen atoms in total. The minimum Gasteiger partial charge on any atom is -0.378 e. The van der Waals surface area contributed by atoms with E-state index in [1.54, 1.807) is 24.2 Å². The fourth-order valence-corrected chi connectivity index (χ4v) is 3.44. The highest BCUT2D eigenvalue weighted by molar-refractivity contribution is 5.70. The van der Waals surface area contributed by atoms with Crippen LogP contribution in [0.5, 0.6) is 0 Å². The van der Waals surface area contributed by atoms with E-state index in [1.165, 1.54) is 0 Å². The van der Waals surface area contributed by atoms with E-state index in [1.807, 2.05) is 18.2 Å². The molecule has 1 aliphatic heterocycles. The number of nitrogens with one attached hydrogen (secondary N) is 1. The van der Waals surface area contributed by atoms with Crippen LogP contribution in [0, 0.1) is 0 Å². The summed E-state index contributed by atoms with van der Waals surface area (Å²) in [5.74, 6) is 0.907. The van der Waals surface area contributed by atoms with Crippen molar-refractivity contribution in [1.29, 1.82) is 0 Å². The first-order valence-electron chi connectivity index (χ1n) is 8.36. The topological polar surface area (TPSA) is 88.9 Å². The summed E-state index contributed by atoms with van der Waals surface area (Å²) in [6.07, 6.45) is 5.03. The molecule has 1 fully saturated rings. The Balaban J connectivity index is 1.52. The molecule has 1 aliphatic rings. The van der Waals surface area contributed by atoms with Gasteiger partial charge in [0.1, 0.15) is 12.1 Å². The number of hydrogen-bond acceptors (Lipinski definition) is 6. The normalized spacial score (nSPS) is 15.8. The van der Waals surface area contributed by atoms with Gasteiger partial charge in [0, 0.05) is 38.5 Å². The lowest BCUT2D eigenvalue weighted by molar-refractivity contribution is 0.181. The van der Waals surface area contributed by atoms with Crippen LogP contribution in [0.2, 0.25) is 0 Å². The molecule has 4 heterocycles. The first-order chi connectivity index (χ1) is 12.3. The quantitative estimate of drug-likeness (QED) is 0.774. The molecule has 8 heteroatoms. The minimum absolute atomic E-state index is 0.0865. The average Bonchev–Trinajstić information content (AvgIpc) is 2.98. The number of aromatic amines is 1. The van der Waals surface area contributed by atoms with Gasteiger partial charge in [-0.2, -0.15) is 0 Å². The number of nitrogens with zero attached hydrogens (tertiary/aromatic N) is 5. The third-order valence-electron chi connectivity index (χ3n) is 4.63. The van der Waals surface area contributed by atoms with E-state index >= 15 is 0 Å². The molecule has 0 saturated carbocycles. The Hall–Kier alpha value is -2.74. The zero-order valence-corrected chi connectivity index (χ0v) is 14.1. The van der Waals surface area contributed by atoms with Crippen molar-refractivity contribution in [3.63, 3.8) is 0 Å². The molecule has 0 radical (unpaired) electrons. The van der Waals surface area contributed by atoms with Gasteiger partial charge in [-0.15, -0.1) is 0 Å². The van der Waals surface area contributed by atoms with Crippen LogP contribution >= 0.6 is 0 Å². The third-order valence-corrected chi connectivity index (χ3v) is 4.63. The Kier molecular flexibility index (Phi) is 4.19. The van der Waals surface area contributed by atoms with Crippen LogP contribution in [0.25, 0.3) is 11.2 Å². The largest absolute Gasteiger partial charge is 0.378 e. The summed E-state index contributed by atoms with van der Waals surface area (Å²) in [6, 6.07) is 5.82. The smallest absolute Gasteiger partial charge is 0.327 e. The predicted octanol–water partition coefficient (Wildman–Crippen LogP) is 1.50. The van der Waals surface area contributed by atoms with Gasteiger partial charge in [0.15, 0.2) is 5.65 Å². The van der Waals surface area contributed by atoms with E-state index in [0.29, 0.717) is 6.61 Å². The average molecular weight is 340 g/mol. The highest BCUT2D eigenvalue weighted by atomic mass is 16.5. The van der Waals surface area contributed by atoms with Gasteiger partial charge in [-0.25, -0.2) is 19.7 Å². The van der Waals surface area contributed by atoms with E-state index in [4.69, 9.17) is 4.74 Å². The highest BCUT2D eigenvalue weighted by Crippen LogP contribution is 2.26. The van der Waals surface area contributed by atoms with Crippen LogP contribution in [0.1, 0.15) is 24.6 Å². The molecule has 0 aromatic carbocycles. The van der Waals surface area contributed by atoms with Crippen LogP contribution in [-0.4, -0.2) is 44.7 Å². The van der Waals surface area contributed by atoms with Crippen LogP contribution in [0.15, 0.2) is 35.5 Å². The number of ether oxygens (including phenoxy) is 1. The van der Waals surface area contributed by atoms with Crippen LogP contribution < -0.4 is 10.6 Å². The number of aromatic nitrogens is 5. The molecule has 0 amide bonds. The Labute approximate surface area is 144 Å². The first kappa shape index (κ1) is 15.8. The van der Waals surface area contributed by atoms with Crippen molar-refractivity contribution in [2.24, 2.45) is 0 Å². The van der Waals surface area contributed by atoms with Gasteiger partial charge in [-0.3, -0.25) is 4.57 Å². The van der Waals surface area contributed by atoms with Crippen molar-refractivity contribution in [2.45, 2.75) is 25.5 Å². The van der Waals surface area contributed by atoms with Crippen molar-refractivity contribution < 1.29 is 4.74 Å². The molecule has 3 aromatic rings. The van der Waals surface area contributed by atoms with Crippen LogP contribution in [-0.2, 0) is 11.3 Å². The zero-order valence-electron chi connectivity index (χ0n) is 14.1. The molecule has 0 bridgehead atoms. The molecular weight excluding hydrogens is 320 g/mol. The number of hydrogen-bond donors (Lipinski definition) is 1. The van der Waals surface area contributed by atoms with Crippen molar-refractivity contribution >= 4 is 17.0 Å². The molecule has 130 valence electrons. The van der Waals surface area contributed by atoms with Crippen molar-refractivity contribution in [2.75, 3.05) is 25.1 Å². The van der Waals surface area contributed by atoms with E-state index < -0.39 is 0 Å². The van der Waals surface area contributed by atoms with Gasteiger partial charge in [0.25, 0.3) is 0 Å². The van der Waals surface area contributed by atoms with Gasteiger partial charge < -0.3 is 14.6 Å². The van der Waals surface area contributed by atoms with Crippen molar-refractivity contribution in [3.05, 3.63) is 46.9 Å². The summed E-state index contributed by atoms with van der Waals surface area (Å²) in [4.78, 5) is 30.4. The summed E-state index contributed by atoms with van der Waals surface area (Å²) >= 11 is 0. The lowest BCUT2D eigenvalue weighted by Gasteiger charge is -2.33. The Morgan fingerprint density at radius 2 is 2.12 bits per heavy atom. The number of H-pyrrole nitrogens is 1. The number of pyridine rings is 1. The van der Waals surface area contributed by atoms with Crippen molar-refractivity contribution in [1.82, 2.24) is 24.5 Å². The van der Waals surface area contributed by atoms with Gasteiger partial charge in [0.2, 0.25) is 0 Å². The molecule has 1 saturated heterocycles. The van der Waals surface area contributed by atoms with Crippen LogP contribution in [0.4, 0.5) is 5.82 Å². The third kappa shape index (κ3) is 3.00. The number of methoxy groups -OCH3 is 1. The lowest BCUT2D eigenvalue weighted by Crippen LogP contribution is -2.37. The second kappa shape index (κ2) is 6.64. The summed E-state index contributed by atoms with van der Waals surface area (Å²) < 4.78 is 6.93. The molecule has 25 heavy (non-hydrogen) atoms. The van der Waals surface area contributed by atoms with Crippen LogP contribution in [0.3, 0.4) is 0 Å². The molecule has 1 N–H and O–H groups in total. The molecule has 4 rings (SSSR count). The highest BCUT2D eigenvalue weighted by Gasteiger charge is 2.24.